The Morgan fingerprint density at radius 2 is 1.95 bits per heavy atom. The van der Waals surface area contributed by atoms with Crippen molar-refractivity contribution in [1.29, 1.82) is 0 Å². The molecular weight excluding hydrogens is 303 g/mol. The normalized spacial score (nSPS) is 13.2. The first-order valence-electron chi connectivity index (χ1n) is 6.06. The number of benzene rings is 1. The second-order valence-corrected chi connectivity index (χ2v) is 5.60. The zero-order valence-corrected chi connectivity index (χ0v) is 12.2. The molecule has 1 aromatic carbocycles. The number of hydrogen-bond donors (Lipinski definition) is 2. The van der Waals surface area contributed by atoms with Crippen molar-refractivity contribution in [2.45, 2.75) is 26.3 Å². The van der Waals surface area contributed by atoms with E-state index in [1.807, 2.05) is 6.92 Å². The van der Waals surface area contributed by atoms with Gasteiger partial charge in [-0.2, -0.15) is 0 Å². The maximum atomic E-state index is 12.5. The van der Waals surface area contributed by atoms with E-state index in [4.69, 9.17) is 5.84 Å². The third-order valence-electron chi connectivity index (χ3n) is 2.82. The Labute approximate surface area is 123 Å². The Morgan fingerprint density at radius 3 is 2.48 bits per heavy atom. The van der Waals surface area contributed by atoms with E-state index in [1.165, 1.54) is 23.5 Å². The summed E-state index contributed by atoms with van der Waals surface area (Å²) in [6, 6.07) is 5.29. The fourth-order valence-corrected chi connectivity index (χ4v) is 3.07. The van der Waals surface area contributed by atoms with Gasteiger partial charge in [0.25, 0.3) is 0 Å². The molecular formula is C13H14F3N3OS. The summed E-state index contributed by atoms with van der Waals surface area (Å²) in [5.41, 5.74) is 3.57. The predicted molar refractivity (Wildman–Crippen MR) is 73.9 cm³/mol. The first-order valence-corrected chi connectivity index (χ1v) is 6.88. The standard InChI is InChI=1S/C13H14F3N3OS/c1-7-12(21-8(2)18-7)11(19-17)9-5-3-4-6-10(9)20-13(14,15)16/h3-6,11,19H,17H2,1-2H3. The average Bonchev–Trinajstić information content (AvgIpc) is 2.70. The number of nitrogens with one attached hydrogen (secondary N) is 1. The van der Waals surface area contributed by atoms with Gasteiger partial charge in [-0.05, 0) is 19.9 Å². The van der Waals surface area contributed by atoms with E-state index >= 15 is 0 Å². The molecule has 3 N–H and O–H groups in total. The van der Waals surface area contributed by atoms with Crippen LogP contribution in [0.3, 0.4) is 0 Å². The summed E-state index contributed by atoms with van der Waals surface area (Å²) < 4.78 is 41.5. The lowest BCUT2D eigenvalue weighted by Gasteiger charge is -2.20. The van der Waals surface area contributed by atoms with Crippen LogP contribution in [-0.4, -0.2) is 11.3 Å². The molecule has 0 saturated carbocycles. The molecule has 2 aromatic rings. The summed E-state index contributed by atoms with van der Waals surface area (Å²) in [7, 11) is 0. The molecule has 1 aromatic heterocycles. The van der Waals surface area contributed by atoms with E-state index < -0.39 is 12.4 Å². The van der Waals surface area contributed by atoms with Gasteiger partial charge in [0.15, 0.2) is 0 Å². The molecule has 8 heteroatoms. The number of nitrogens with two attached hydrogens (primary N) is 1. The quantitative estimate of drug-likeness (QED) is 0.671. The molecule has 114 valence electrons. The maximum absolute atomic E-state index is 12.5. The Kier molecular flexibility index (Phi) is 4.50. The third-order valence-corrected chi connectivity index (χ3v) is 3.96. The van der Waals surface area contributed by atoms with E-state index in [9.17, 15) is 13.2 Å². The van der Waals surface area contributed by atoms with Gasteiger partial charge in [-0.1, -0.05) is 18.2 Å². The van der Waals surface area contributed by atoms with Gasteiger partial charge in [0.2, 0.25) is 0 Å². The molecule has 0 aliphatic heterocycles. The fraction of sp³-hybridized carbons (Fsp3) is 0.308. The summed E-state index contributed by atoms with van der Waals surface area (Å²) in [6.45, 7) is 3.61. The number of rotatable bonds is 4. The summed E-state index contributed by atoms with van der Waals surface area (Å²) in [5.74, 6) is 5.26. The van der Waals surface area contributed by atoms with Gasteiger partial charge in [-0.15, -0.1) is 24.5 Å². The highest BCUT2D eigenvalue weighted by Gasteiger charge is 2.33. The smallest absolute Gasteiger partial charge is 0.405 e. The van der Waals surface area contributed by atoms with Crippen LogP contribution in [0, 0.1) is 13.8 Å². The number of alkyl halides is 3. The minimum atomic E-state index is -4.76. The van der Waals surface area contributed by atoms with Crippen LogP contribution in [0.2, 0.25) is 0 Å². The van der Waals surface area contributed by atoms with Crippen LogP contribution < -0.4 is 16.0 Å². The lowest BCUT2D eigenvalue weighted by atomic mass is 10.0. The van der Waals surface area contributed by atoms with Gasteiger partial charge in [0.1, 0.15) is 5.75 Å². The highest BCUT2D eigenvalue weighted by molar-refractivity contribution is 7.11. The van der Waals surface area contributed by atoms with E-state index in [-0.39, 0.29) is 5.75 Å². The van der Waals surface area contributed by atoms with Crippen molar-refractivity contribution in [3.8, 4) is 5.75 Å². The van der Waals surface area contributed by atoms with Gasteiger partial charge in [0.05, 0.1) is 21.6 Å². The summed E-state index contributed by atoms with van der Waals surface area (Å²) in [6.07, 6.45) is -4.76. The molecule has 0 aliphatic carbocycles. The highest BCUT2D eigenvalue weighted by atomic mass is 32.1. The largest absolute Gasteiger partial charge is 0.573 e. The van der Waals surface area contributed by atoms with Crippen LogP contribution in [0.15, 0.2) is 24.3 Å². The molecule has 1 atom stereocenters. The number of nitrogens with zero attached hydrogens (tertiary/aromatic N) is 1. The third kappa shape index (κ3) is 3.72. The first-order chi connectivity index (χ1) is 9.81. The van der Waals surface area contributed by atoms with E-state index in [0.717, 1.165) is 15.6 Å². The molecule has 0 radical (unpaired) electrons. The average molecular weight is 317 g/mol. The Balaban J connectivity index is 2.46. The minimum Gasteiger partial charge on any atom is -0.405 e. The lowest BCUT2D eigenvalue weighted by Crippen LogP contribution is -2.30. The van der Waals surface area contributed by atoms with Crippen molar-refractivity contribution in [2.24, 2.45) is 5.84 Å². The molecule has 0 saturated heterocycles. The number of ether oxygens (including phenoxy) is 1. The van der Waals surface area contributed by atoms with Crippen molar-refractivity contribution in [3.05, 3.63) is 45.4 Å². The van der Waals surface area contributed by atoms with Gasteiger partial charge in [-0.3, -0.25) is 5.84 Å². The van der Waals surface area contributed by atoms with E-state index in [0.29, 0.717) is 5.56 Å². The number of aromatic nitrogens is 1. The van der Waals surface area contributed by atoms with Gasteiger partial charge in [0, 0.05) is 5.56 Å². The topological polar surface area (TPSA) is 60.2 Å². The Morgan fingerprint density at radius 1 is 1.29 bits per heavy atom. The maximum Gasteiger partial charge on any atom is 0.573 e. The number of hydrogen-bond acceptors (Lipinski definition) is 5. The summed E-state index contributed by atoms with van der Waals surface area (Å²) in [5, 5.41) is 0.817. The van der Waals surface area contributed by atoms with Crippen molar-refractivity contribution in [2.75, 3.05) is 0 Å². The van der Waals surface area contributed by atoms with Crippen molar-refractivity contribution in [3.63, 3.8) is 0 Å². The van der Waals surface area contributed by atoms with E-state index in [1.54, 1.807) is 19.1 Å². The number of aryl methyl sites for hydroxylation is 2. The fourth-order valence-electron chi connectivity index (χ4n) is 2.06. The monoisotopic (exact) mass is 317 g/mol. The van der Waals surface area contributed by atoms with Crippen molar-refractivity contribution in [1.82, 2.24) is 10.4 Å². The number of thiazole rings is 1. The van der Waals surface area contributed by atoms with Crippen LogP contribution in [0.5, 0.6) is 5.75 Å². The van der Waals surface area contributed by atoms with Crippen molar-refractivity contribution >= 4 is 11.3 Å². The molecule has 2 rings (SSSR count). The van der Waals surface area contributed by atoms with Gasteiger partial charge in [-0.25, -0.2) is 10.4 Å². The Hall–Kier alpha value is -1.64. The van der Waals surface area contributed by atoms with E-state index in [2.05, 4.69) is 15.1 Å². The number of halogens is 3. The van der Waals surface area contributed by atoms with Crippen LogP contribution in [0.1, 0.15) is 27.2 Å². The summed E-state index contributed by atoms with van der Waals surface area (Å²) in [4.78, 5) is 5.03. The molecule has 4 nitrogen and oxygen atoms in total. The SMILES string of the molecule is Cc1nc(C)c(C(NN)c2ccccc2OC(F)(F)F)s1. The highest BCUT2D eigenvalue weighted by Crippen LogP contribution is 2.36. The summed E-state index contributed by atoms with van der Waals surface area (Å²) >= 11 is 1.38. The molecule has 21 heavy (non-hydrogen) atoms. The van der Waals surface area contributed by atoms with Crippen molar-refractivity contribution < 1.29 is 17.9 Å². The second kappa shape index (κ2) is 6.00. The van der Waals surface area contributed by atoms with Gasteiger partial charge < -0.3 is 4.74 Å². The molecule has 0 amide bonds. The first kappa shape index (κ1) is 15.7. The zero-order chi connectivity index (χ0) is 15.6. The number of para-hydroxylation sites is 1. The number of hydrazine groups is 1. The van der Waals surface area contributed by atoms with Gasteiger partial charge >= 0.3 is 6.36 Å². The predicted octanol–water partition coefficient (Wildman–Crippen LogP) is 3.21. The van der Waals surface area contributed by atoms with Crippen LogP contribution in [-0.2, 0) is 0 Å². The molecule has 0 spiro atoms. The van der Waals surface area contributed by atoms with Crippen LogP contribution >= 0.6 is 11.3 Å². The van der Waals surface area contributed by atoms with Crippen LogP contribution in [0.25, 0.3) is 0 Å². The molecule has 0 aliphatic rings. The van der Waals surface area contributed by atoms with Crippen LogP contribution in [0.4, 0.5) is 13.2 Å². The Bertz CT molecular complexity index is 627. The molecule has 1 heterocycles. The molecule has 0 fully saturated rings. The molecule has 1 unspecified atom stereocenters. The molecule has 0 bridgehead atoms. The second-order valence-electron chi connectivity index (χ2n) is 4.37. The zero-order valence-electron chi connectivity index (χ0n) is 11.4. The minimum absolute atomic E-state index is 0.279. The lowest BCUT2D eigenvalue weighted by molar-refractivity contribution is -0.275.